The molecule has 0 radical (unpaired) electrons. The van der Waals surface area contributed by atoms with E-state index in [-0.39, 0.29) is 24.3 Å². The number of nitrogens with one attached hydrogen (secondary N) is 1. The molecule has 1 atom stereocenters. The highest BCUT2D eigenvalue weighted by molar-refractivity contribution is 7.14. The molecule has 6 nitrogen and oxygen atoms in total. The summed E-state index contributed by atoms with van der Waals surface area (Å²) < 4.78 is 5.61. The highest BCUT2D eigenvalue weighted by Gasteiger charge is 2.24. The number of amides is 2. The average molecular weight is 394 g/mol. The first-order valence-electron chi connectivity index (χ1n) is 8.41. The van der Waals surface area contributed by atoms with Crippen LogP contribution in [0, 0.1) is 0 Å². The summed E-state index contributed by atoms with van der Waals surface area (Å²) in [6.07, 6.45) is 2.17. The predicted molar refractivity (Wildman–Crippen MR) is 103 cm³/mol. The summed E-state index contributed by atoms with van der Waals surface area (Å²) in [5.74, 6) is -0.246. The fraction of sp³-hybridized carbons (Fsp3) is 0.389. The van der Waals surface area contributed by atoms with Crippen molar-refractivity contribution < 1.29 is 14.3 Å². The van der Waals surface area contributed by atoms with Gasteiger partial charge in [0.25, 0.3) is 0 Å². The molecule has 2 heterocycles. The molecule has 2 amide bonds. The highest BCUT2D eigenvalue weighted by Crippen LogP contribution is 2.24. The van der Waals surface area contributed by atoms with Crippen molar-refractivity contribution >= 4 is 45.6 Å². The second-order valence-electron chi connectivity index (χ2n) is 6.12. The van der Waals surface area contributed by atoms with E-state index in [2.05, 4.69) is 10.3 Å². The highest BCUT2D eigenvalue weighted by atomic mass is 35.5. The van der Waals surface area contributed by atoms with Crippen LogP contribution >= 0.6 is 22.9 Å². The number of hydrogen-bond acceptors (Lipinski definition) is 5. The van der Waals surface area contributed by atoms with E-state index in [0.29, 0.717) is 28.1 Å². The lowest BCUT2D eigenvalue weighted by molar-refractivity contribution is -0.117. The molecule has 0 saturated carbocycles. The molecule has 1 N–H and O–H groups in total. The van der Waals surface area contributed by atoms with E-state index in [1.54, 1.807) is 29.2 Å². The minimum absolute atomic E-state index is 0.0550. The Morgan fingerprint density at radius 2 is 2.15 bits per heavy atom. The van der Waals surface area contributed by atoms with E-state index in [0.717, 1.165) is 19.4 Å². The van der Waals surface area contributed by atoms with E-state index in [1.165, 1.54) is 18.3 Å². The quantitative estimate of drug-likeness (QED) is 0.815. The van der Waals surface area contributed by atoms with E-state index in [1.807, 2.05) is 5.38 Å². The van der Waals surface area contributed by atoms with Gasteiger partial charge in [0.15, 0.2) is 5.13 Å². The van der Waals surface area contributed by atoms with Crippen LogP contribution in [0.1, 0.15) is 25.5 Å². The van der Waals surface area contributed by atoms with E-state index in [4.69, 9.17) is 16.3 Å². The molecule has 1 aromatic carbocycles. The Morgan fingerprint density at radius 3 is 2.81 bits per heavy atom. The Hall–Kier alpha value is -1.96. The zero-order valence-electron chi connectivity index (χ0n) is 14.4. The molecule has 1 aliphatic heterocycles. The van der Waals surface area contributed by atoms with Crippen molar-refractivity contribution in [2.45, 2.75) is 32.3 Å². The number of nitrogens with zero attached hydrogens (tertiary/aromatic N) is 2. The molecule has 26 heavy (non-hydrogen) atoms. The second-order valence-corrected chi connectivity index (χ2v) is 7.39. The van der Waals surface area contributed by atoms with Crippen molar-refractivity contribution in [2.75, 3.05) is 23.4 Å². The molecular formula is C18H20ClN3O3S. The zero-order chi connectivity index (χ0) is 18.5. The van der Waals surface area contributed by atoms with Crippen LogP contribution in [0.3, 0.4) is 0 Å². The minimum Gasteiger partial charge on any atom is -0.376 e. The molecule has 0 bridgehead atoms. The fourth-order valence-corrected chi connectivity index (χ4v) is 3.74. The van der Waals surface area contributed by atoms with Crippen molar-refractivity contribution in [3.05, 3.63) is 40.4 Å². The molecule has 0 spiro atoms. The number of hydrogen-bond donors (Lipinski definition) is 1. The Balaban J connectivity index is 1.61. The van der Waals surface area contributed by atoms with Gasteiger partial charge in [-0.25, -0.2) is 4.98 Å². The third-order valence-corrected chi connectivity index (χ3v) is 5.19. The number of benzene rings is 1. The molecule has 138 valence electrons. The van der Waals surface area contributed by atoms with Crippen LogP contribution < -0.4 is 10.2 Å². The van der Waals surface area contributed by atoms with E-state index < -0.39 is 0 Å². The topological polar surface area (TPSA) is 71.5 Å². The number of anilines is 2. The van der Waals surface area contributed by atoms with Crippen molar-refractivity contribution in [1.29, 1.82) is 0 Å². The fourth-order valence-electron chi connectivity index (χ4n) is 2.74. The van der Waals surface area contributed by atoms with Gasteiger partial charge in [-0.15, -0.1) is 11.3 Å². The minimum atomic E-state index is -0.169. The molecular weight excluding hydrogens is 374 g/mol. The van der Waals surface area contributed by atoms with Gasteiger partial charge in [0, 0.05) is 29.6 Å². The number of aromatic nitrogens is 1. The summed E-state index contributed by atoms with van der Waals surface area (Å²) in [5, 5.41) is 5.82. The lowest BCUT2D eigenvalue weighted by Crippen LogP contribution is -2.35. The summed E-state index contributed by atoms with van der Waals surface area (Å²) in [6, 6.07) is 6.92. The Labute approximate surface area is 161 Å². The monoisotopic (exact) mass is 393 g/mol. The number of ether oxygens (including phenoxy) is 1. The number of halogens is 1. The van der Waals surface area contributed by atoms with E-state index in [9.17, 15) is 9.59 Å². The lowest BCUT2D eigenvalue weighted by atomic mass is 10.2. The van der Waals surface area contributed by atoms with Gasteiger partial charge in [-0.05, 0) is 37.1 Å². The summed E-state index contributed by atoms with van der Waals surface area (Å²) in [6.45, 7) is 2.76. The maximum absolute atomic E-state index is 12.2. The van der Waals surface area contributed by atoms with Crippen molar-refractivity contribution in [1.82, 2.24) is 4.98 Å². The van der Waals surface area contributed by atoms with Crippen molar-refractivity contribution in [2.24, 2.45) is 0 Å². The van der Waals surface area contributed by atoms with Gasteiger partial charge in [0.2, 0.25) is 11.8 Å². The van der Waals surface area contributed by atoms with Gasteiger partial charge >= 0.3 is 0 Å². The molecule has 1 fully saturated rings. The second kappa shape index (κ2) is 8.62. The van der Waals surface area contributed by atoms with Gasteiger partial charge < -0.3 is 10.1 Å². The molecule has 2 aromatic rings. The zero-order valence-corrected chi connectivity index (χ0v) is 16.0. The number of carbonyl (C=O) groups excluding carboxylic acids is 2. The standard InChI is InChI=1S/C18H20ClN3O3S/c1-12(23)22(10-16-3-2-8-25-16)18-21-15(11-26-18)9-17(24)20-14-6-4-13(19)5-7-14/h4-7,11,16H,2-3,8-10H2,1H3,(H,20,24). The van der Waals surface area contributed by atoms with Crippen molar-refractivity contribution in [3.8, 4) is 0 Å². The Bertz CT molecular complexity index is 772. The SMILES string of the molecule is CC(=O)N(CC1CCCO1)c1nc(CC(=O)Nc2ccc(Cl)cc2)cs1. The summed E-state index contributed by atoms with van der Waals surface area (Å²) >= 11 is 7.19. The summed E-state index contributed by atoms with van der Waals surface area (Å²) in [4.78, 5) is 30.2. The average Bonchev–Trinajstić information content (AvgIpc) is 3.26. The number of rotatable bonds is 6. The number of carbonyl (C=O) groups is 2. The van der Waals surface area contributed by atoms with Crippen LogP contribution in [0.5, 0.6) is 0 Å². The largest absolute Gasteiger partial charge is 0.376 e. The summed E-state index contributed by atoms with van der Waals surface area (Å²) in [5.41, 5.74) is 1.31. The third kappa shape index (κ3) is 5.03. The molecule has 0 aliphatic carbocycles. The molecule has 1 aromatic heterocycles. The lowest BCUT2D eigenvalue weighted by Gasteiger charge is -2.21. The maximum Gasteiger partial charge on any atom is 0.230 e. The third-order valence-electron chi connectivity index (χ3n) is 4.03. The van der Waals surface area contributed by atoms with Gasteiger partial charge in [-0.3, -0.25) is 14.5 Å². The predicted octanol–water partition coefficient (Wildman–Crippen LogP) is 3.51. The first-order valence-corrected chi connectivity index (χ1v) is 9.66. The number of thiazole rings is 1. The maximum atomic E-state index is 12.2. The van der Waals surface area contributed by atoms with Crippen LogP contribution in [0.4, 0.5) is 10.8 Å². The van der Waals surface area contributed by atoms with E-state index >= 15 is 0 Å². The van der Waals surface area contributed by atoms with Crippen LogP contribution in [0.25, 0.3) is 0 Å². The molecule has 3 rings (SSSR count). The first-order chi connectivity index (χ1) is 12.5. The van der Waals surface area contributed by atoms with Crippen LogP contribution in [0.15, 0.2) is 29.6 Å². The van der Waals surface area contributed by atoms with Gasteiger partial charge in [-0.2, -0.15) is 0 Å². The molecule has 1 saturated heterocycles. The molecule has 1 aliphatic rings. The Morgan fingerprint density at radius 1 is 1.38 bits per heavy atom. The molecule has 8 heteroatoms. The van der Waals surface area contributed by atoms with Crippen molar-refractivity contribution in [3.63, 3.8) is 0 Å². The smallest absolute Gasteiger partial charge is 0.230 e. The van der Waals surface area contributed by atoms with Crippen LogP contribution in [-0.4, -0.2) is 36.1 Å². The first kappa shape index (κ1) is 18.8. The van der Waals surface area contributed by atoms with Gasteiger partial charge in [0.05, 0.1) is 24.8 Å². The normalized spacial score (nSPS) is 16.5. The summed E-state index contributed by atoms with van der Waals surface area (Å²) in [7, 11) is 0. The van der Waals surface area contributed by atoms with Crippen LogP contribution in [0.2, 0.25) is 5.02 Å². The molecule has 1 unspecified atom stereocenters. The van der Waals surface area contributed by atoms with Gasteiger partial charge in [-0.1, -0.05) is 11.6 Å². The van der Waals surface area contributed by atoms with Gasteiger partial charge in [0.1, 0.15) is 0 Å². The Kier molecular flexibility index (Phi) is 6.24. The van der Waals surface area contributed by atoms with Crippen LogP contribution in [-0.2, 0) is 20.7 Å².